The minimum Gasteiger partial charge on any atom is -0.287 e. The molecule has 0 bridgehead atoms. The van der Waals surface area contributed by atoms with Crippen LogP contribution in [0.2, 0.25) is 0 Å². The van der Waals surface area contributed by atoms with Gasteiger partial charge in [0.2, 0.25) is 11.6 Å². The lowest BCUT2D eigenvalue weighted by Crippen LogP contribution is -2.21. The number of rotatable bonds is 0. The molecule has 1 aliphatic carbocycles. The summed E-state index contributed by atoms with van der Waals surface area (Å²) in [4.78, 5) is 23.7. The highest BCUT2D eigenvalue weighted by atomic mass is 19.1. The normalized spacial score (nSPS) is 13.6. The van der Waals surface area contributed by atoms with E-state index in [0.29, 0.717) is 0 Å². The molecular weight excluding hydrogens is 213 g/mol. The first kappa shape index (κ1) is 8.90. The molecule has 5 nitrogen and oxygen atoms in total. The Bertz CT molecular complexity index is 633. The first-order valence-electron chi connectivity index (χ1n) is 4.48. The number of H-pyrrole nitrogens is 1. The van der Waals surface area contributed by atoms with Crippen LogP contribution in [0.3, 0.4) is 0 Å². The molecule has 1 N–H and O–H groups in total. The molecule has 78 valence electrons. The van der Waals surface area contributed by atoms with Crippen molar-refractivity contribution >= 4 is 11.6 Å². The molecule has 0 unspecified atom stereocenters. The van der Waals surface area contributed by atoms with Gasteiger partial charge in [-0.3, -0.25) is 9.59 Å². The zero-order valence-electron chi connectivity index (χ0n) is 7.82. The maximum absolute atomic E-state index is 13.0. The lowest BCUT2D eigenvalue weighted by molar-refractivity contribution is 0.0974. The van der Waals surface area contributed by atoms with E-state index >= 15 is 0 Å². The van der Waals surface area contributed by atoms with Gasteiger partial charge in [-0.15, -0.1) is 0 Å². The van der Waals surface area contributed by atoms with Crippen molar-refractivity contribution in [3.63, 3.8) is 0 Å². The first-order valence-corrected chi connectivity index (χ1v) is 4.48. The highest BCUT2D eigenvalue weighted by molar-refractivity contribution is 6.26. The van der Waals surface area contributed by atoms with Crippen molar-refractivity contribution in [3.8, 4) is 0 Å². The minimum absolute atomic E-state index is 0.0101. The first-order chi connectivity index (χ1) is 7.68. The van der Waals surface area contributed by atoms with Crippen molar-refractivity contribution in [1.29, 1.82) is 0 Å². The lowest BCUT2D eigenvalue weighted by Gasteiger charge is -2.11. The van der Waals surface area contributed by atoms with Gasteiger partial charge in [-0.1, -0.05) is 0 Å². The standard InChI is InChI=1S/C10H4FN3O2/c11-4-1-2-5-6(3-4)10(16)8-7(9(5)15)12-14-13-8/h1-3H,(H,12,13,14). The van der Waals surface area contributed by atoms with E-state index < -0.39 is 17.4 Å². The van der Waals surface area contributed by atoms with E-state index in [4.69, 9.17) is 0 Å². The van der Waals surface area contributed by atoms with Crippen LogP contribution in [0.25, 0.3) is 0 Å². The number of nitrogens with one attached hydrogen (secondary N) is 1. The summed E-state index contributed by atoms with van der Waals surface area (Å²) in [6.07, 6.45) is 0. The fraction of sp³-hybridized carbons (Fsp3) is 0. The number of carbonyl (C=O) groups is 2. The molecule has 2 aromatic rings. The van der Waals surface area contributed by atoms with E-state index in [2.05, 4.69) is 15.4 Å². The molecule has 1 aliphatic rings. The van der Waals surface area contributed by atoms with Crippen LogP contribution in [-0.2, 0) is 0 Å². The Morgan fingerprint density at radius 1 is 1.00 bits per heavy atom. The molecule has 0 fully saturated rings. The van der Waals surface area contributed by atoms with Crippen molar-refractivity contribution in [1.82, 2.24) is 15.4 Å². The van der Waals surface area contributed by atoms with E-state index in [1.54, 1.807) is 0 Å². The summed E-state index contributed by atoms with van der Waals surface area (Å²) in [5.41, 5.74) is 0.131. The molecule has 0 atom stereocenters. The van der Waals surface area contributed by atoms with Crippen molar-refractivity contribution in [3.05, 3.63) is 46.5 Å². The van der Waals surface area contributed by atoms with Gasteiger partial charge in [0.25, 0.3) is 0 Å². The second kappa shape index (κ2) is 2.82. The van der Waals surface area contributed by atoms with Gasteiger partial charge in [0, 0.05) is 11.1 Å². The Kier molecular flexibility index (Phi) is 1.57. The molecule has 0 aliphatic heterocycles. The summed E-state index contributed by atoms with van der Waals surface area (Å²) in [6.45, 7) is 0. The molecule has 0 radical (unpaired) electrons. The summed E-state index contributed by atoms with van der Waals surface area (Å²) >= 11 is 0. The molecule has 0 spiro atoms. The SMILES string of the molecule is O=C1c2ccc(F)cc2C(=O)c2n[nH]nc21. The smallest absolute Gasteiger partial charge is 0.216 e. The van der Waals surface area contributed by atoms with Gasteiger partial charge in [-0.05, 0) is 18.2 Å². The number of hydrogen-bond acceptors (Lipinski definition) is 4. The van der Waals surface area contributed by atoms with Gasteiger partial charge >= 0.3 is 0 Å². The van der Waals surface area contributed by atoms with Crippen LogP contribution in [0.15, 0.2) is 18.2 Å². The van der Waals surface area contributed by atoms with Crippen molar-refractivity contribution in [2.75, 3.05) is 0 Å². The van der Waals surface area contributed by atoms with E-state index in [-0.39, 0.29) is 22.5 Å². The Morgan fingerprint density at radius 2 is 1.62 bits per heavy atom. The number of halogens is 1. The second-order valence-electron chi connectivity index (χ2n) is 3.37. The van der Waals surface area contributed by atoms with E-state index in [1.165, 1.54) is 6.07 Å². The van der Waals surface area contributed by atoms with Gasteiger partial charge < -0.3 is 0 Å². The number of aromatic nitrogens is 3. The Labute approximate surface area is 88.3 Å². The number of hydrogen-bond donors (Lipinski definition) is 1. The monoisotopic (exact) mass is 217 g/mol. The number of benzene rings is 1. The third-order valence-corrected chi connectivity index (χ3v) is 2.45. The molecule has 1 aromatic carbocycles. The topological polar surface area (TPSA) is 75.7 Å². The maximum atomic E-state index is 13.0. The average Bonchev–Trinajstić information content (AvgIpc) is 2.75. The number of ketones is 2. The number of nitrogens with zero attached hydrogens (tertiary/aromatic N) is 2. The van der Waals surface area contributed by atoms with Gasteiger partial charge in [0.05, 0.1) is 0 Å². The highest BCUT2D eigenvalue weighted by Gasteiger charge is 2.33. The third kappa shape index (κ3) is 0.979. The van der Waals surface area contributed by atoms with Gasteiger partial charge in [0.1, 0.15) is 5.82 Å². The quantitative estimate of drug-likeness (QED) is 0.602. The predicted molar refractivity (Wildman–Crippen MR) is 49.6 cm³/mol. The molecule has 16 heavy (non-hydrogen) atoms. The highest BCUT2D eigenvalue weighted by Crippen LogP contribution is 2.24. The van der Waals surface area contributed by atoms with Crippen molar-refractivity contribution < 1.29 is 14.0 Å². The average molecular weight is 217 g/mol. The third-order valence-electron chi connectivity index (χ3n) is 2.45. The summed E-state index contributed by atoms with van der Waals surface area (Å²) in [6, 6.07) is 3.45. The van der Waals surface area contributed by atoms with Crippen LogP contribution in [0, 0.1) is 5.82 Å². The van der Waals surface area contributed by atoms with Crippen molar-refractivity contribution in [2.45, 2.75) is 0 Å². The fourth-order valence-electron chi connectivity index (χ4n) is 1.70. The summed E-state index contributed by atoms with van der Waals surface area (Å²) in [5.74, 6) is -1.47. The summed E-state index contributed by atoms with van der Waals surface area (Å²) in [7, 11) is 0. The molecule has 1 aromatic heterocycles. The van der Waals surface area contributed by atoms with Gasteiger partial charge in [0.15, 0.2) is 11.4 Å². The predicted octanol–water partition coefficient (Wildman–Crippen LogP) is 0.719. The number of carbonyl (C=O) groups excluding carboxylic acids is 2. The minimum atomic E-state index is -0.563. The maximum Gasteiger partial charge on any atom is 0.216 e. The Morgan fingerprint density at radius 3 is 2.31 bits per heavy atom. The van der Waals surface area contributed by atoms with E-state index in [0.717, 1.165) is 12.1 Å². The molecule has 0 amide bonds. The van der Waals surface area contributed by atoms with Crippen LogP contribution >= 0.6 is 0 Å². The Balaban J connectivity index is 2.34. The molecule has 3 rings (SSSR count). The van der Waals surface area contributed by atoms with E-state index in [1.807, 2.05) is 0 Å². The molecule has 1 heterocycles. The fourth-order valence-corrected chi connectivity index (χ4v) is 1.70. The molecular formula is C10H4FN3O2. The van der Waals surface area contributed by atoms with Gasteiger partial charge in [-0.25, -0.2) is 4.39 Å². The van der Waals surface area contributed by atoms with Crippen LogP contribution in [0.5, 0.6) is 0 Å². The number of fused-ring (bicyclic) bond motifs is 2. The number of aromatic amines is 1. The van der Waals surface area contributed by atoms with Crippen LogP contribution in [0.1, 0.15) is 32.1 Å². The molecule has 6 heteroatoms. The molecule has 0 saturated heterocycles. The van der Waals surface area contributed by atoms with Crippen molar-refractivity contribution in [2.24, 2.45) is 0 Å². The molecule has 0 saturated carbocycles. The van der Waals surface area contributed by atoms with Crippen LogP contribution in [-0.4, -0.2) is 27.0 Å². The summed E-state index contributed by atoms with van der Waals surface area (Å²) in [5, 5.41) is 9.41. The Hall–Kier alpha value is -2.37. The van der Waals surface area contributed by atoms with Gasteiger partial charge in [-0.2, -0.15) is 15.4 Å². The van der Waals surface area contributed by atoms with Crippen LogP contribution in [0.4, 0.5) is 4.39 Å². The summed E-state index contributed by atoms with van der Waals surface area (Å²) < 4.78 is 13.0. The zero-order chi connectivity index (χ0) is 11.3. The second-order valence-corrected chi connectivity index (χ2v) is 3.37. The largest absolute Gasteiger partial charge is 0.287 e. The van der Waals surface area contributed by atoms with E-state index in [9.17, 15) is 14.0 Å². The lowest BCUT2D eigenvalue weighted by atomic mass is 9.90. The zero-order valence-corrected chi connectivity index (χ0v) is 7.82. The van der Waals surface area contributed by atoms with Crippen LogP contribution < -0.4 is 0 Å².